The SMILES string of the molecule is C[C@H](c1cccc([N+](=O)[O-])c1)N(C)C(=O)C[C@H]1C=CCC1. The number of carbonyl (C=O) groups is 1. The molecule has 0 unspecified atom stereocenters. The Morgan fingerprint density at radius 1 is 1.52 bits per heavy atom. The second kappa shape index (κ2) is 6.52. The number of hydrogen-bond acceptors (Lipinski definition) is 3. The van der Waals surface area contributed by atoms with Gasteiger partial charge in [-0.2, -0.15) is 0 Å². The maximum atomic E-state index is 12.3. The molecule has 0 saturated carbocycles. The molecule has 1 aromatic carbocycles. The Kier molecular flexibility index (Phi) is 4.73. The Morgan fingerprint density at radius 3 is 2.90 bits per heavy atom. The first-order valence-electron chi connectivity index (χ1n) is 7.15. The van der Waals surface area contributed by atoms with E-state index in [0.717, 1.165) is 18.4 Å². The minimum absolute atomic E-state index is 0.0546. The molecule has 1 aliphatic carbocycles. The number of nitro benzene ring substituents is 1. The topological polar surface area (TPSA) is 63.5 Å². The maximum Gasteiger partial charge on any atom is 0.269 e. The van der Waals surface area contributed by atoms with E-state index in [1.807, 2.05) is 13.0 Å². The smallest absolute Gasteiger partial charge is 0.269 e. The van der Waals surface area contributed by atoms with Gasteiger partial charge in [-0.05, 0) is 31.2 Å². The third-order valence-corrected chi connectivity index (χ3v) is 4.09. The molecular formula is C16H20N2O3. The van der Waals surface area contributed by atoms with Crippen molar-refractivity contribution in [2.45, 2.75) is 32.2 Å². The zero-order valence-electron chi connectivity index (χ0n) is 12.4. The Balaban J connectivity index is 2.05. The summed E-state index contributed by atoms with van der Waals surface area (Å²) in [5, 5.41) is 10.8. The van der Waals surface area contributed by atoms with E-state index < -0.39 is 4.92 Å². The van der Waals surface area contributed by atoms with Crippen LogP contribution in [0.4, 0.5) is 5.69 Å². The van der Waals surface area contributed by atoms with Gasteiger partial charge in [0.2, 0.25) is 5.91 Å². The quantitative estimate of drug-likeness (QED) is 0.473. The highest BCUT2D eigenvalue weighted by molar-refractivity contribution is 5.77. The number of carbonyl (C=O) groups excluding carboxylic acids is 1. The molecule has 0 heterocycles. The molecule has 5 heteroatoms. The third kappa shape index (κ3) is 3.68. The minimum Gasteiger partial charge on any atom is -0.339 e. The highest BCUT2D eigenvalue weighted by Crippen LogP contribution is 2.26. The molecule has 0 saturated heterocycles. The van der Waals surface area contributed by atoms with Crippen molar-refractivity contribution in [3.05, 3.63) is 52.1 Å². The first kappa shape index (κ1) is 15.2. The van der Waals surface area contributed by atoms with Gasteiger partial charge in [0.25, 0.3) is 5.69 Å². The van der Waals surface area contributed by atoms with Gasteiger partial charge in [0.05, 0.1) is 11.0 Å². The molecule has 21 heavy (non-hydrogen) atoms. The number of amides is 1. The van der Waals surface area contributed by atoms with Crippen LogP contribution in [-0.2, 0) is 4.79 Å². The van der Waals surface area contributed by atoms with Crippen molar-refractivity contribution in [2.75, 3.05) is 7.05 Å². The zero-order valence-corrected chi connectivity index (χ0v) is 12.4. The van der Waals surface area contributed by atoms with Gasteiger partial charge in [0.15, 0.2) is 0 Å². The Labute approximate surface area is 124 Å². The van der Waals surface area contributed by atoms with Crippen molar-refractivity contribution in [2.24, 2.45) is 5.92 Å². The van der Waals surface area contributed by atoms with Crippen molar-refractivity contribution in [1.29, 1.82) is 0 Å². The van der Waals surface area contributed by atoms with E-state index in [2.05, 4.69) is 12.2 Å². The van der Waals surface area contributed by atoms with Crippen molar-refractivity contribution in [1.82, 2.24) is 4.90 Å². The van der Waals surface area contributed by atoms with Crippen LogP contribution in [0.15, 0.2) is 36.4 Å². The first-order valence-corrected chi connectivity index (χ1v) is 7.15. The van der Waals surface area contributed by atoms with Crippen molar-refractivity contribution in [3.63, 3.8) is 0 Å². The second-order valence-corrected chi connectivity index (χ2v) is 5.50. The number of nitrogens with zero attached hydrogens (tertiary/aromatic N) is 2. The lowest BCUT2D eigenvalue weighted by molar-refractivity contribution is -0.384. The number of benzene rings is 1. The molecule has 112 valence electrons. The lowest BCUT2D eigenvalue weighted by atomic mass is 10.0. The third-order valence-electron chi connectivity index (χ3n) is 4.09. The molecule has 1 aliphatic rings. The molecule has 1 amide bonds. The van der Waals surface area contributed by atoms with Gasteiger partial charge in [0.1, 0.15) is 0 Å². The summed E-state index contributed by atoms with van der Waals surface area (Å²) in [7, 11) is 1.75. The monoisotopic (exact) mass is 288 g/mol. The molecule has 0 spiro atoms. The summed E-state index contributed by atoms with van der Waals surface area (Å²) in [6, 6.07) is 6.28. The number of nitro groups is 1. The lowest BCUT2D eigenvalue weighted by Crippen LogP contribution is -2.30. The Morgan fingerprint density at radius 2 is 2.29 bits per heavy atom. The Bertz CT molecular complexity index is 568. The summed E-state index contributed by atoms with van der Waals surface area (Å²) in [4.78, 5) is 24.4. The van der Waals surface area contributed by atoms with Gasteiger partial charge in [-0.3, -0.25) is 14.9 Å². The van der Waals surface area contributed by atoms with Crippen LogP contribution in [0.1, 0.15) is 37.8 Å². The fourth-order valence-electron chi connectivity index (χ4n) is 2.57. The number of allylic oxidation sites excluding steroid dienone is 2. The van der Waals surface area contributed by atoms with Gasteiger partial charge < -0.3 is 4.90 Å². The van der Waals surface area contributed by atoms with Crippen molar-refractivity contribution in [3.8, 4) is 0 Å². The molecule has 0 radical (unpaired) electrons. The van der Waals surface area contributed by atoms with E-state index in [-0.39, 0.29) is 17.6 Å². The van der Waals surface area contributed by atoms with Gasteiger partial charge in [-0.25, -0.2) is 0 Å². The van der Waals surface area contributed by atoms with Crippen LogP contribution in [0.2, 0.25) is 0 Å². The fraction of sp³-hybridized carbons (Fsp3) is 0.438. The van der Waals surface area contributed by atoms with Crippen molar-refractivity contribution >= 4 is 11.6 Å². The van der Waals surface area contributed by atoms with Gasteiger partial charge >= 0.3 is 0 Å². The summed E-state index contributed by atoms with van der Waals surface area (Å²) < 4.78 is 0. The van der Waals surface area contributed by atoms with Crippen LogP contribution in [0, 0.1) is 16.0 Å². The summed E-state index contributed by atoms with van der Waals surface area (Å²) in [5.41, 5.74) is 0.834. The summed E-state index contributed by atoms with van der Waals surface area (Å²) >= 11 is 0. The average molecular weight is 288 g/mol. The molecule has 2 rings (SSSR count). The largest absolute Gasteiger partial charge is 0.339 e. The van der Waals surface area contributed by atoms with Crippen LogP contribution in [0.5, 0.6) is 0 Å². The molecule has 0 aromatic heterocycles. The summed E-state index contributed by atoms with van der Waals surface area (Å²) in [5.74, 6) is 0.405. The number of rotatable bonds is 5. The second-order valence-electron chi connectivity index (χ2n) is 5.50. The molecule has 0 fully saturated rings. The van der Waals surface area contributed by atoms with E-state index in [9.17, 15) is 14.9 Å². The molecule has 0 bridgehead atoms. The molecule has 5 nitrogen and oxygen atoms in total. The van der Waals surface area contributed by atoms with Crippen LogP contribution in [0.25, 0.3) is 0 Å². The van der Waals surface area contributed by atoms with Gasteiger partial charge in [0, 0.05) is 25.6 Å². The maximum absolute atomic E-state index is 12.3. The normalized spacial score (nSPS) is 18.5. The predicted octanol–water partition coefficient (Wildman–Crippen LogP) is 3.47. The lowest BCUT2D eigenvalue weighted by Gasteiger charge is -2.26. The highest BCUT2D eigenvalue weighted by atomic mass is 16.6. The number of non-ortho nitro benzene ring substituents is 1. The van der Waals surface area contributed by atoms with E-state index in [1.165, 1.54) is 12.1 Å². The summed E-state index contributed by atoms with van der Waals surface area (Å²) in [6.07, 6.45) is 6.80. The zero-order chi connectivity index (χ0) is 15.4. The highest BCUT2D eigenvalue weighted by Gasteiger charge is 2.22. The van der Waals surface area contributed by atoms with Crippen LogP contribution >= 0.6 is 0 Å². The van der Waals surface area contributed by atoms with Crippen LogP contribution in [0.3, 0.4) is 0 Å². The molecule has 1 aromatic rings. The summed E-state index contributed by atoms with van der Waals surface area (Å²) in [6.45, 7) is 1.89. The van der Waals surface area contributed by atoms with E-state index in [0.29, 0.717) is 12.3 Å². The van der Waals surface area contributed by atoms with Gasteiger partial charge in [-0.15, -0.1) is 0 Å². The molecule has 2 atom stereocenters. The molecule has 0 N–H and O–H groups in total. The van der Waals surface area contributed by atoms with E-state index in [1.54, 1.807) is 18.0 Å². The average Bonchev–Trinajstić information content (AvgIpc) is 2.98. The minimum atomic E-state index is -0.415. The van der Waals surface area contributed by atoms with Crippen LogP contribution < -0.4 is 0 Å². The molecule has 0 aliphatic heterocycles. The van der Waals surface area contributed by atoms with E-state index >= 15 is 0 Å². The molecular weight excluding hydrogens is 268 g/mol. The fourth-order valence-corrected chi connectivity index (χ4v) is 2.57. The first-order chi connectivity index (χ1) is 9.99. The standard InChI is InChI=1S/C16H20N2O3/c1-12(14-8-5-9-15(11-14)18(20)21)17(2)16(19)10-13-6-3-4-7-13/h3,5-6,8-9,11-13H,4,7,10H2,1-2H3/t12-,13+/m1/s1. The Hall–Kier alpha value is -2.17. The van der Waals surface area contributed by atoms with E-state index in [4.69, 9.17) is 0 Å². The predicted molar refractivity (Wildman–Crippen MR) is 80.8 cm³/mol. The van der Waals surface area contributed by atoms with Crippen LogP contribution in [-0.4, -0.2) is 22.8 Å². The van der Waals surface area contributed by atoms with Crippen molar-refractivity contribution < 1.29 is 9.72 Å². The number of hydrogen-bond donors (Lipinski definition) is 0. The van der Waals surface area contributed by atoms with Gasteiger partial charge in [-0.1, -0.05) is 24.3 Å².